The van der Waals surface area contributed by atoms with Crippen LogP contribution < -0.4 is 5.32 Å². The summed E-state index contributed by atoms with van der Waals surface area (Å²) in [4.78, 5) is 24.9. The Labute approximate surface area is 175 Å². The molecule has 3 aromatic rings. The zero-order valence-corrected chi connectivity index (χ0v) is 16.9. The number of carbonyl (C=O) groups excluding carboxylic acids is 1. The summed E-state index contributed by atoms with van der Waals surface area (Å²) in [6.45, 7) is 0. The first-order valence-corrected chi connectivity index (χ1v) is 10.2. The normalized spacial score (nSPS) is 14.5. The molecule has 7 heteroatoms. The van der Waals surface area contributed by atoms with E-state index in [0.717, 1.165) is 24.0 Å². The van der Waals surface area contributed by atoms with Gasteiger partial charge in [0.05, 0.1) is 5.41 Å². The Bertz CT molecular complexity index is 1050. The lowest BCUT2D eigenvalue weighted by Gasteiger charge is -2.16. The molecular weight excluding hydrogens is 417 g/mol. The number of anilines is 1. The van der Waals surface area contributed by atoms with Crippen LogP contribution in [0.25, 0.3) is 11.1 Å². The van der Waals surface area contributed by atoms with Crippen LogP contribution in [0.3, 0.4) is 0 Å². The molecule has 1 saturated carbocycles. The lowest BCUT2D eigenvalue weighted by atomic mass is 9.95. The van der Waals surface area contributed by atoms with Crippen LogP contribution >= 0.6 is 34.5 Å². The molecule has 0 aliphatic heterocycles. The van der Waals surface area contributed by atoms with Crippen LogP contribution in [-0.4, -0.2) is 17.0 Å². The smallest absolute Gasteiger partial charge is 0.339 e. The molecular formula is C21H15Cl2NO3S. The Morgan fingerprint density at radius 2 is 1.54 bits per heavy atom. The van der Waals surface area contributed by atoms with Gasteiger partial charge in [-0.1, -0.05) is 47.5 Å². The van der Waals surface area contributed by atoms with Gasteiger partial charge in [-0.3, -0.25) is 4.79 Å². The Kier molecular flexibility index (Phi) is 4.91. The number of thiophene rings is 1. The highest BCUT2D eigenvalue weighted by molar-refractivity contribution is 7.15. The third-order valence-corrected chi connectivity index (χ3v) is 6.37. The van der Waals surface area contributed by atoms with Crippen molar-refractivity contribution in [2.45, 2.75) is 18.3 Å². The van der Waals surface area contributed by atoms with E-state index in [9.17, 15) is 14.7 Å². The second-order valence-electron chi connectivity index (χ2n) is 6.71. The largest absolute Gasteiger partial charge is 0.478 e. The van der Waals surface area contributed by atoms with Gasteiger partial charge >= 0.3 is 5.97 Å². The van der Waals surface area contributed by atoms with E-state index in [4.69, 9.17) is 23.2 Å². The van der Waals surface area contributed by atoms with Crippen LogP contribution in [0.4, 0.5) is 5.00 Å². The van der Waals surface area contributed by atoms with Gasteiger partial charge in [-0.15, -0.1) is 11.3 Å². The molecule has 2 N–H and O–H groups in total. The molecule has 28 heavy (non-hydrogen) atoms. The summed E-state index contributed by atoms with van der Waals surface area (Å²) in [5.74, 6) is -1.28. The fraction of sp³-hybridized carbons (Fsp3) is 0.143. The monoisotopic (exact) mass is 431 g/mol. The van der Waals surface area contributed by atoms with Crippen molar-refractivity contribution >= 4 is 51.4 Å². The molecule has 2 aromatic carbocycles. The maximum atomic E-state index is 13.0. The summed E-state index contributed by atoms with van der Waals surface area (Å²) in [6, 6.07) is 14.2. The van der Waals surface area contributed by atoms with Crippen molar-refractivity contribution in [2.75, 3.05) is 5.32 Å². The van der Waals surface area contributed by atoms with E-state index in [1.807, 2.05) is 12.1 Å². The highest BCUT2D eigenvalue weighted by atomic mass is 35.5. The fourth-order valence-electron chi connectivity index (χ4n) is 3.27. The van der Waals surface area contributed by atoms with E-state index in [0.29, 0.717) is 20.6 Å². The average Bonchev–Trinajstić information content (AvgIpc) is 3.38. The highest BCUT2D eigenvalue weighted by Gasteiger charge is 2.51. The third-order valence-electron chi connectivity index (χ3n) is 4.97. The van der Waals surface area contributed by atoms with Crippen LogP contribution in [0, 0.1) is 0 Å². The first-order chi connectivity index (χ1) is 13.4. The predicted molar refractivity (Wildman–Crippen MR) is 113 cm³/mol. The number of amides is 1. The average molecular weight is 432 g/mol. The molecule has 0 saturated heterocycles. The molecule has 1 aliphatic rings. The summed E-state index contributed by atoms with van der Waals surface area (Å²) in [5, 5.41) is 15.9. The van der Waals surface area contributed by atoms with Crippen LogP contribution in [0.1, 0.15) is 28.8 Å². The molecule has 4 nitrogen and oxygen atoms in total. The first kappa shape index (κ1) is 19.0. The summed E-state index contributed by atoms with van der Waals surface area (Å²) in [5.41, 5.74) is 1.65. The minimum Gasteiger partial charge on any atom is -0.478 e. The fourth-order valence-corrected chi connectivity index (χ4v) is 4.48. The van der Waals surface area contributed by atoms with Crippen molar-refractivity contribution in [3.05, 3.63) is 75.1 Å². The number of aromatic carboxylic acids is 1. The maximum Gasteiger partial charge on any atom is 0.339 e. The number of carbonyl (C=O) groups is 2. The van der Waals surface area contributed by atoms with Crippen LogP contribution in [0.15, 0.2) is 53.9 Å². The topological polar surface area (TPSA) is 66.4 Å². The van der Waals surface area contributed by atoms with Crippen molar-refractivity contribution in [3.63, 3.8) is 0 Å². The van der Waals surface area contributed by atoms with Gasteiger partial charge in [-0.25, -0.2) is 4.79 Å². The molecule has 0 spiro atoms. The van der Waals surface area contributed by atoms with E-state index in [1.54, 1.807) is 41.8 Å². The summed E-state index contributed by atoms with van der Waals surface area (Å²) >= 11 is 13.1. The molecule has 0 atom stereocenters. The van der Waals surface area contributed by atoms with Crippen molar-refractivity contribution in [1.29, 1.82) is 0 Å². The summed E-state index contributed by atoms with van der Waals surface area (Å²) in [6.07, 6.45) is 1.44. The van der Waals surface area contributed by atoms with Gasteiger partial charge in [-0.05, 0) is 48.2 Å². The van der Waals surface area contributed by atoms with Crippen molar-refractivity contribution in [1.82, 2.24) is 0 Å². The van der Waals surface area contributed by atoms with Gasteiger partial charge in [0, 0.05) is 21.0 Å². The summed E-state index contributed by atoms with van der Waals surface area (Å²) < 4.78 is 0. The lowest BCUT2D eigenvalue weighted by molar-refractivity contribution is -0.118. The van der Waals surface area contributed by atoms with Crippen molar-refractivity contribution in [2.24, 2.45) is 0 Å². The summed E-state index contributed by atoms with van der Waals surface area (Å²) in [7, 11) is 0. The van der Waals surface area contributed by atoms with Crippen molar-refractivity contribution < 1.29 is 14.7 Å². The van der Waals surface area contributed by atoms with E-state index in [1.165, 1.54) is 11.3 Å². The molecule has 1 fully saturated rings. The number of halogens is 2. The van der Waals surface area contributed by atoms with Crippen LogP contribution in [0.5, 0.6) is 0 Å². The lowest BCUT2D eigenvalue weighted by Crippen LogP contribution is -2.28. The van der Waals surface area contributed by atoms with Gasteiger partial charge in [0.15, 0.2) is 0 Å². The van der Waals surface area contributed by atoms with Gasteiger partial charge in [0.25, 0.3) is 0 Å². The molecule has 0 bridgehead atoms. The van der Waals surface area contributed by atoms with E-state index in [-0.39, 0.29) is 11.5 Å². The predicted octanol–water partition coefficient (Wildman–Crippen LogP) is 6.09. The van der Waals surface area contributed by atoms with Gasteiger partial charge in [0.1, 0.15) is 10.6 Å². The molecule has 1 amide bonds. The van der Waals surface area contributed by atoms with Crippen LogP contribution in [0.2, 0.25) is 10.0 Å². The maximum absolute atomic E-state index is 13.0. The highest BCUT2D eigenvalue weighted by Crippen LogP contribution is 2.50. The number of benzene rings is 2. The van der Waals surface area contributed by atoms with E-state index < -0.39 is 11.4 Å². The van der Waals surface area contributed by atoms with E-state index >= 15 is 0 Å². The molecule has 0 radical (unpaired) electrons. The zero-order chi connectivity index (χ0) is 19.9. The number of carboxylic acid groups (broad SMARTS) is 1. The SMILES string of the molecule is O=C(O)c1c(-c2ccc(Cl)cc2)csc1NC(=O)C1(c2ccc(Cl)cc2)CC1. The molecule has 0 unspecified atom stereocenters. The number of rotatable bonds is 5. The molecule has 142 valence electrons. The number of carboxylic acids is 1. The molecule has 4 rings (SSSR count). The zero-order valence-electron chi connectivity index (χ0n) is 14.5. The quantitative estimate of drug-likeness (QED) is 0.513. The number of nitrogens with one attached hydrogen (secondary N) is 1. The minimum atomic E-state index is -1.09. The van der Waals surface area contributed by atoms with Gasteiger partial charge in [-0.2, -0.15) is 0 Å². The third kappa shape index (κ3) is 3.41. The Morgan fingerprint density at radius 3 is 2.07 bits per heavy atom. The van der Waals surface area contributed by atoms with Crippen LogP contribution in [-0.2, 0) is 10.2 Å². The van der Waals surface area contributed by atoms with Gasteiger partial charge in [0.2, 0.25) is 5.91 Å². The Balaban J connectivity index is 1.65. The Hall–Kier alpha value is -2.34. The number of hydrogen-bond acceptors (Lipinski definition) is 3. The molecule has 1 heterocycles. The van der Waals surface area contributed by atoms with E-state index in [2.05, 4.69) is 5.32 Å². The minimum absolute atomic E-state index is 0.0904. The second kappa shape index (κ2) is 7.24. The standard InChI is InChI=1S/C21H15Cl2NO3S/c22-14-5-1-12(2-6-14)16-11-28-18(17(16)19(25)26)24-20(27)21(9-10-21)13-3-7-15(23)8-4-13/h1-8,11H,9-10H2,(H,24,27)(H,25,26). The molecule has 1 aromatic heterocycles. The Morgan fingerprint density at radius 1 is 0.964 bits per heavy atom. The number of hydrogen-bond donors (Lipinski definition) is 2. The molecule has 1 aliphatic carbocycles. The van der Waals surface area contributed by atoms with Crippen molar-refractivity contribution in [3.8, 4) is 11.1 Å². The first-order valence-electron chi connectivity index (χ1n) is 8.59. The van der Waals surface area contributed by atoms with Gasteiger partial charge < -0.3 is 10.4 Å². The second-order valence-corrected chi connectivity index (χ2v) is 8.46.